The molecule has 7 heteroatoms. The van der Waals surface area contributed by atoms with Crippen LogP contribution in [0.5, 0.6) is 0 Å². The van der Waals surface area contributed by atoms with Gasteiger partial charge in [-0.1, -0.05) is 35.5 Å². The maximum absolute atomic E-state index is 13.4. The minimum Gasteiger partial charge on any atom is -0.323 e. The summed E-state index contributed by atoms with van der Waals surface area (Å²) in [5.41, 5.74) is 3.19. The summed E-state index contributed by atoms with van der Waals surface area (Å²) in [6.45, 7) is 7.32. The predicted octanol–water partition coefficient (Wildman–Crippen LogP) is 4.21. The third kappa shape index (κ3) is 5.60. The minimum atomic E-state index is -0.877. The molecule has 0 saturated heterocycles. The Hall–Kier alpha value is -2.80. The SMILES string of the molecule is CCN(CCN(C)Cc1ccccc1C)c1nc(Cc2ccc(F)c(F)c2)no1. The molecule has 3 aromatic rings. The van der Waals surface area contributed by atoms with Crippen LogP contribution in [-0.2, 0) is 13.0 Å². The van der Waals surface area contributed by atoms with Gasteiger partial charge in [0.15, 0.2) is 17.5 Å². The van der Waals surface area contributed by atoms with Crippen LogP contribution in [-0.4, -0.2) is 41.7 Å². The third-order valence-electron chi connectivity index (χ3n) is 4.91. The molecule has 0 amide bonds. The van der Waals surface area contributed by atoms with Crippen molar-refractivity contribution in [2.45, 2.75) is 26.8 Å². The van der Waals surface area contributed by atoms with Gasteiger partial charge in [0.25, 0.3) is 0 Å². The number of anilines is 1. The highest BCUT2D eigenvalue weighted by Gasteiger charge is 2.15. The Bertz CT molecular complexity index is 944. The first-order valence-electron chi connectivity index (χ1n) is 9.70. The number of hydrogen-bond donors (Lipinski definition) is 0. The van der Waals surface area contributed by atoms with Crippen molar-refractivity contribution in [3.05, 3.63) is 76.6 Å². The van der Waals surface area contributed by atoms with Gasteiger partial charge in [-0.15, -0.1) is 0 Å². The molecular weight excluding hydrogens is 374 g/mol. The van der Waals surface area contributed by atoms with Gasteiger partial charge < -0.3 is 14.3 Å². The van der Waals surface area contributed by atoms with E-state index in [9.17, 15) is 8.78 Å². The monoisotopic (exact) mass is 400 g/mol. The van der Waals surface area contributed by atoms with E-state index >= 15 is 0 Å². The molecule has 29 heavy (non-hydrogen) atoms. The molecule has 0 fully saturated rings. The van der Waals surface area contributed by atoms with E-state index in [1.54, 1.807) is 0 Å². The van der Waals surface area contributed by atoms with Gasteiger partial charge in [-0.3, -0.25) is 0 Å². The van der Waals surface area contributed by atoms with Gasteiger partial charge in [0.1, 0.15) is 0 Å². The van der Waals surface area contributed by atoms with Gasteiger partial charge in [-0.2, -0.15) is 4.98 Å². The molecule has 0 atom stereocenters. The van der Waals surface area contributed by atoms with Crippen LogP contribution >= 0.6 is 0 Å². The quantitative estimate of drug-likeness (QED) is 0.539. The normalized spacial score (nSPS) is 11.2. The van der Waals surface area contributed by atoms with Crippen molar-refractivity contribution >= 4 is 6.01 Å². The average molecular weight is 400 g/mol. The summed E-state index contributed by atoms with van der Waals surface area (Å²) in [5.74, 6) is -1.30. The number of benzene rings is 2. The summed E-state index contributed by atoms with van der Waals surface area (Å²) < 4.78 is 31.8. The molecule has 0 saturated carbocycles. The topological polar surface area (TPSA) is 45.4 Å². The van der Waals surface area contributed by atoms with Crippen molar-refractivity contribution in [2.75, 3.05) is 31.6 Å². The lowest BCUT2D eigenvalue weighted by Gasteiger charge is -2.23. The second-order valence-electron chi connectivity index (χ2n) is 7.16. The lowest BCUT2D eigenvalue weighted by molar-refractivity contribution is 0.326. The zero-order valence-corrected chi connectivity index (χ0v) is 17.0. The summed E-state index contributed by atoms with van der Waals surface area (Å²) >= 11 is 0. The second-order valence-corrected chi connectivity index (χ2v) is 7.16. The number of hydrogen-bond acceptors (Lipinski definition) is 5. The van der Waals surface area contributed by atoms with E-state index in [0.717, 1.165) is 38.3 Å². The molecule has 1 heterocycles. The second kappa shape index (κ2) is 9.60. The highest BCUT2D eigenvalue weighted by atomic mass is 19.2. The summed E-state index contributed by atoms with van der Waals surface area (Å²) in [6.07, 6.45) is 0.283. The van der Waals surface area contributed by atoms with E-state index in [0.29, 0.717) is 17.4 Å². The first kappa shape index (κ1) is 20.9. The van der Waals surface area contributed by atoms with Crippen LogP contribution in [0.15, 0.2) is 47.0 Å². The highest BCUT2D eigenvalue weighted by molar-refractivity contribution is 5.28. The fraction of sp³-hybridized carbons (Fsp3) is 0.364. The Morgan fingerprint density at radius 3 is 2.55 bits per heavy atom. The molecule has 5 nitrogen and oxygen atoms in total. The molecule has 0 aliphatic carbocycles. The standard InChI is InChI=1S/C22H26F2N4O/c1-4-28(12-11-27(3)15-18-8-6-5-7-16(18)2)22-25-21(26-29-22)14-17-9-10-19(23)20(24)13-17/h5-10,13H,4,11-12,14-15H2,1-3H3. The summed E-state index contributed by atoms with van der Waals surface area (Å²) in [4.78, 5) is 8.68. The molecule has 0 unspecified atom stereocenters. The van der Waals surface area contributed by atoms with Gasteiger partial charge >= 0.3 is 6.01 Å². The van der Waals surface area contributed by atoms with Crippen molar-refractivity contribution in [1.82, 2.24) is 15.0 Å². The molecule has 0 spiro atoms. The number of halogens is 2. The Kier molecular flexibility index (Phi) is 6.93. The third-order valence-corrected chi connectivity index (χ3v) is 4.91. The number of aromatic nitrogens is 2. The van der Waals surface area contributed by atoms with Crippen LogP contribution in [0, 0.1) is 18.6 Å². The van der Waals surface area contributed by atoms with E-state index in [1.165, 1.54) is 17.2 Å². The van der Waals surface area contributed by atoms with E-state index in [1.807, 2.05) is 17.9 Å². The van der Waals surface area contributed by atoms with Crippen LogP contribution < -0.4 is 4.90 Å². The maximum atomic E-state index is 13.4. The van der Waals surface area contributed by atoms with Gasteiger partial charge in [0, 0.05) is 32.6 Å². The molecule has 154 valence electrons. The largest absolute Gasteiger partial charge is 0.324 e. The van der Waals surface area contributed by atoms with Crippen LogP contribution in [0.25, 0.3) is 0 Å². The van der Waals surface area contributed by atoms with Gasteiger partial charge in [0.2, 0.25) is 0 Å². The maximum Gasteiger partial charge on any atom is 0.324 e. The fourth-order valence-corrected chi connectivity index (χ4v) is 3.11. The first-order valence-corrected chi connectivity index (χ1v) is 9.70. The number of nitrogens with zero attached hydrogens (tertiary/aromatic N) is 4. The van der Waals surface area contributed by atoms with E-state index < -0.39 is 11.6 Å². The van der Waals surface area contributed by atoms with E-state index in [4.69, 9.17) is 4.52 Å². The molecule has 0 bridgehead atoms. The predicted molar refractivity (Wildman–Crippen MR) is 109 cm³/mol. The molecule has 0 aliphatic rings. The number of rotatable bonds is 9. The molecule has 0 aliphatic heterocycles. The Morgan fingerprint density at radius 1 is 1.03 bits per heavy atom. The van der Waals surface area contributed by atoms with Crippen LogP contribution in [0.3, 0.4) is 0 Å². The van der Waals surface area contributed by atoms with Crippen LogP contribution in [0.1, 0.15) is 29.4 Å². The Morgan fingerprint density at radius 2 is 1.83 bits per heavy atom. The molecule has 0 N–H and O–H groups in total. The Balaban J connectivity index is 1.57. The summed E-state index contributed by atoms with van der Waals surface area (Å²) in [7, 11) is 2.09. The zero-order valence-electron chi connectivity index (χ0n) is 17.0. The summed E-state index contributed by atoms with van der Waals surface area (Å²) in [6, 6.07) is 12.6. The Labute approximate surface area is 170 Å². The lowest BCUT2D eigenvalue weighted by Crippen LogP contribution is -2.33. The smallest absolute Gasteiger partial charge is 0.323 e. The van der Waals surface area contributed by atoms with Gasteiger partial charge in [-0.25, -0.2) is 8.78 Å². The molecular formula is C22H26F2N4O. The van der Waals surface area contributed by atoms with Gasteiger partial charge in [0.05, 0.1) is 0 Å². The van der Waals surface area contributed by atoms with Crippen molar-refractivity contribution in [2.24, 2.45) is 0 Å². The number of likely N-dealkylation sites (N-methyl/N-ethyl adjacent to an activating group) is 2. The van der Waals surface area contributed by atoms with Crippen LogP contribution in [0.2, 0.25) is 0 Å². The van der Waals surface area contributed by atoms with Crippen molar-refractivity contribution < 1.29 is 13.3 Å². The number of aryl methyl sites for hydroxylation is 1. The van der Waals surface area contributed by atoms with Crippen molar-refractivity contribution in [3.8, 4) is 0 Å². The molecule has 1 aromatic heterocycles. The van der Waals surface area contributed by atoms with Gasteiger partial charge in [-0.05, 0) is 49.7 Å². The van der Waals surface area contributed by atoms with E-state index in [-0.39, 0.29) is 6.42 Å². The molecule has 3 rings (SSSR count). The zero-order chi connectivity index (χ0) is 20.8. The first-order chi connectivity index (χ1) is 14.0. The van der Waals surface area contributed by atoms with Crippen molar-refractivity contribution in [3.63, 3.8) is 0 Å². The van der Waals surface area contributed by atoms with Crippen molar-refractivity contribution in [1.29, 1.82) is 0 Å². The minimum absolute atomic E-state index is 0.283. The summed E-state index contributed by atoms with van der Waals surface area (Å²) in [5, 5.41) is 3.98. The van der Waals surface area contributed by atoms with Crippen LogP contribution in [0.4, 0.5) is 14.8 Å². The molecule has 2 aromatic carbocycles. The highest BCUT2D eigenvalue weighted by Crippen LogP contribution is 2.16. The molecule has 0 radical (unpaired) electrons. The average Bonchev–Trinajstić information content (AvgIpc) is 3.15. The fourth-order valence-electron chi connectivity index (χ4n) is 3.11. The lowest BCUT2D eigenvalue weighted by atomic mass is 10.1. The van der Waals surface area contributed by atoms with E-state index in [2.05, 4.69) is 47.2 Å².